The minimum absolute atomic E-state index is 0.136. The van der Waals surface area contributed by atoms with E-state index in [4.69, 9.17) is 9.26 Å². The number of hydrogen-bond acceptors (Lipinski definition) is 7. The van der Waals surface area contributed by atoms with Crippen molar-refractivity contribution < 1.29 is 9.26 Å². The number of aryl methyl sites for hydroxylation is 1. The second-order valence-corrected chi connectivity index (χ2v) is 7.54. The number of hydrogen-bond donors (Lipinski definition) is 0. The summed E-state index contributed by atoms with van der Waals surface area (Å²) in [5, 5.41) is 4.18. The molecule has 1 atom stereocenters. The molecule has 140 valence electrons. The van der Waals surface area contributed by atoms with Crippen LogP contribution in [0.15, 0.2) is 10.7 Å². The van der Waals surface area contributed by atoms with Crippen LogP contribution in [-0.4, -0.2) is 58.7 Å². The Hall–Kier alpha value is -1.99. The predicted molar refractivity (Wildman–Crippen MR) is 97.2 cm³/mol. The number of likely N-dealkylation sites (N-methyl/N-ethyl adjacent to an activating group) is 1. The lowest BCUT2D eigenvalue weighted by molar-refractivity contribution is 0.0705. The van der Waals surface area contributed by atoms with E-state index in [2.05, 4.69) is 38.9 Å². The molecule has 1 aliphatic carbocycles. The van der Waals surface area contributed by atoms with Crippen molar-refractivity contribution in [1.29, 1.82) is 0 Å². The van der Waals surface area contributed by atoms with Gasteiger partial charge in [0.05, 0.1) is 12.8 Å². The molecule has 26 heavy (non-hydrogen) atoms. The molecule has 0 N–H and O–H groups in total. The largest absolute Gasteiger partial charge is 0.496 e. The Morgan fingerprint density at radius 1 is 1.27 bits per heavy atom. The van der Waals surface area contributed by atoms with Crippen molar-refractivity contribution in [3.8, 4) is 5.75 Å². The van der Waals surface area contributed by atoms with Crippen molar-refractivity contribution in [2.75, 3.05) is 33.8 Å². The van der Waals surface area contributed by atoms with E-state index in [-0.39, 0.29) is 6.04 Å². The van der Waals surface area contributed by atoms with Crippen LogP contribution in [-0.2, 0) is 6.54 Å². The van der Waals surface area contributed by atoms with Crippen LogP contribution >= 0.6 is 0 Å². The van der Waals surface area contributed by atoms with Crippen LogP contribution in [0.3, 0.4) is 0 Å². The van der Waals surface area contributed by atoms with Gasteiger partial charge in [-0.15, -0.1) is 0 Å². The lowest BCUT2D eigenvalue weighted by Crippen LogP contribution is -2.46. The topological polar surface area (TPSA) is 67.5 Å². The molecular weight excluding hydrogens is 330 g/mol. The average Bonchev–Trinajstić information content (AvgIpc) is 3.37. The van der Waals surface area contributed by atoms with Crippen molar-refractivity contribution in [3.63, 3.8) is 0 Å². The maximum atomic E-state index is 5.59. The highest BCUT2D eigenvalue weighted by Gasteiger charge is 2.34. The Morgan fingerprint density at radius 2 is 2.08 bits per heavy atom. The number of pyridine rings is 1. The van der Waals surface area contributed by atoms with Crippen molar-refractivity contribution in [1.82, 2.24) is 24.9 Å². The van der Waals surface area contributed by atoms with E-state index in [0.29, 0.717) is 5.92 Å². The summed E-state index contributed by atoms with van der Waals surface area (Å²) < 4.78 is 11.1. The minimum atomic E-state index is 0.136. The molecular formula is C19H27N5O2. The van der Waals surface area contributed by atoms with Crippen LogP contribution in [0.2, 0.25) is 0 Å². The molecule has 3 heterocycles. The van der Waals surface area contributed by atoms with E-state index in [1.54, 1.807) is 7.11 Å². The van der Waals surface area contributed by atoms with Crippen molar-refractivity contribution >= 4 is 0 Å². The summed E-state index contributed by atoms with van der Waals surface area (Å²) in [5.74, 6) is 3.08. The van der Waals surface area contributed by atoms with Gasteiger partial charge in [-0.1, -0.05) is 5.16 Å². The number of methoxy groups -OCH3 is 1. The van der Waals surface area contributed by atoms with E-state index in [1.165, 1.54) is 12.8 Å². The van der Waals surface area contributed by atoms with Crippen LogP contribution in [0.5, 0.6) is 5.75 Å². The molecule has 1 aliphatic heterocycles. The molecule has 2 aromatic rings. The van der Waals surface area contributed by atoms with Crippen molar-refractivity contribution in [2.24, 2.45) is 0 Å². The van der Waals surface area contributed by atoms with Gasteiger partial charge in [0.2, 0.25) is 5.89 Å². The van der Waals surface area contributed by atoms with Crippen molar-refractivity contribution in [3.05, 3.63) is 34.7 Å². The predicted octanol–water partition coefficient (Wildman–Crippen LogP) is 2.46. The molecule has 0 bridgehead atoms. The Balaban J connectivity index is 1.49. The zero-order valence-corrected chi connectivity index (χ0v) is 16.0. The fourth-order valence-electron chi connectivity index (χ4n) is 3.67. The highest BCUT2D eigenvalue weighted by atomic mass is 16.5. The lowest BCUT2D eigenvalue weighted by atomic mass is 10.1. The zero-order valence-electron chi connectivity index (χ0n) is 16.0. The fourth-order valence-corrected chi connectivity index (χ4v) is 3.67. The smallest absolute Gasteiger partial charge is 0.245 e. The number of piperazine rings is 1. The molecule has 1 unspecified atom stereocenters. The van der Waals surface area contributed by atoms with Crippen LogP contribution < -0.4 is 4.74 Å². The molecule has 2 aromatic heterocycles. The first kappa shape index (κ1) is 17.4. The molecule has 1 saturated carbocycles. The molecule has 0 amide bonds. The van der Waals surface area contributed by atoms with Gasteiger partial charge in [-0.05, 0) is 33.7 Å². The summed E-state index contributed by atoms with van der Waals surface area (Å²) in [5.41, 5.74) is 3.26. The van der Waals surface area contributed by atoms with E-state index in [0.717, 1.165) is 60.5 Å². The first-order valence-electron chi connectivity index (χ1n) is 9.32. The van der Waals surface area contributed by atoms with Gasteiger partial charge in [-0.25, -0.2) is 0 Å². The first-order chi connectivity index (χ1) is 12.6. The Morgan fingerprint density at radius 3 is 2.81 bits per heavy atom. The fraction of sp³-hybridized carbons (Fsp3) is 0.632. The van der Waals surface area contributed by atoms with Crippen LogP contribution in [0.4, 0.5) is 0 Å². The van der Waals surface area contributed by atoms with E-state index in [9.17, 15) is 0 Å². The highest BCUT2D eigenvalue weighted by molar-refractivity contribution is 5.41. The molecule has 7 nitrogen and oxygen atoms in total. The molecule has 4 rings (SSSR count). The van der Waals surface area contributed by atoms with Gasteiger partial charge in [0.15, 0.2) is 5.82 Å². The van der Waals surface area contributed by atoms with Gasteiger partial charge in [-0.3, -0.25) is 14.8 Å². The van der Waals surface area contributed by atoms with E-state index < -0.39 is 0 Å². The Bertz CT molecular complexity index is 786. The first-order valence-corrected chi connectivity index (χ1v) is 9.32. The summed E-state index contributed by atoms with van der Waals surface area (Å²) in [7, 11) is 3.85. The van der Waals surface area contributed by atoms with E-state index >= 15 is 0 Å². The molecule has 7 heteroatoms. The zero-order chi connectivity index (χ0) is 18.3. The van der Waals surface area contributed by atoms with Gasteiger partial charge in [0.1, 0.15) is 11.8 Å². The van der Waals surface area contributed by atoms with E-state index in [1.807, 2.05) is 13.1 Å². The summed E-state index contributed by atoms with van der Waals surface area (Å²) in [4.78, 5) is 14.0. The second kappa shape index (κ2) is 6.96. The molecule has 2 fully saturated rings. The molecule has 1 saturated heterocycles. The normalized spacial score (nSPS) is 21.9. The van der Waals surface area contributed by atoms with Gasteiger partial charge in [-0.2, -0.15) is 4.98 Å². The summed E-state index contributed by atoms with van der Waals surface area (Å²) in [6.07, 6.45) is 4.27. The summed E-state index contributed by atoms with van der Waals surface area (Å²) in [6.45, 7) is 7.74. The van der Waals surface area contributed by atoms with Crippen LogP contribution in [0, 0.1) is 13.8 Å². The summed E-state index contributed by atoms with van der Waals surface area (Å²) >= 11 is 0. The summed E-state index contributed by atoms with van der Waals surface area (Å²) in [6, 6.07) is 0.136. The van der Waals surface area contributed by atoms with Crippen molar-refractivity contribution in [2.45, 2.75) is 45.2 Å². The lowest BCUT2D eigenvalue weighted by Gasteiger charge is -2.37. The quantitative estimate of drug-likeness (QED) is 0.814. The Labute approximate surface area is 154 Å². The molecule has 0 spiro atoms. The van der Waals surface area contributed by atoms with Crippen LogP contribution in [0.1, 0.15) is 53.3 Å². The SMILES string of the molecule is COc1c(C)cnc(CN2CCN(C)C(c3nc(C4CC4)no3)C2)c1C. The minimum Gasteiger partial charge on any atom is -0.496 e. The Kier molecular flexibility index (Phi) is 4.67. The third-order valence-corrected chi connectivity index (χ3v) is 5.54. The van der Waals surface area contributed by atoms with Crippen LogP contribution in [0.25, 0.3) is 0 Å². The highest BCUT2D eigenvalue weighted by Crippen LogP contribution is 2.39. The van der Waals surface area contributed by atoms with Gasteiger partial charge in [0.25, 0.3) is 0 Å². The maximum absolute atomic E-state index is 5.59. The number of ether oxygens (including phenoxy) is 1. The standard InChI is InChI=1S/C19H27N5O2/c1-12-9-20-15(13(2)17(12)25-4)10-24-8-7-23(3)16(11-24)19-21-18(22-26-19)14-5-6-14/h9,14,16H,5-8,10-11H2,1-4H3. The number of nitrogens with zero attached hydrogens (tertiary/aromatic N) is 5. The monoisotopic (exact) mass is 357 g/mol. The van der Waals surface area contributed by atoms with Gasteiger partial charge < -0.3 is 9.26 Å². The third-order valence-electron chi connectivity index (χ3n) is 5.54. The molecule has 0 aromatic carbocycles. The maximum Gasteiger partial charge on any atom is 0.245 e. The second-order valence-electron chi connectivity index (χ2n) is 7.54. The van der Waals surface area contributed by atoms with Gasteiger partial charge >= 0.3 is 0 Å². The molecule has 2 aliphatic rings. The molecule has 0 radical (unpaired) electrons. The number of rotatable bonds is 5. The van der Waals surface area contributed by atoms with Gasteiger partial charge in [0, 0.05) is 49.4 Å². The average molecular weight is 357 g/mol. The third kappa shape index (κ3) is 3.33. The number of aromatic nitrogens is 3.